The number of hydrogen-bond donors (Lipinski definition) is 2. The molecule has 2 N–H and O–H groups in total. The number of aliphatic hydroxyl groups is 1. The molecule has 51 heavy (non-hydrogen) atoms. The molecule has 11 atom stereocenters. The minimum absolute atomic E-state index is 0.0236. The highest BCUT2D eigenvalue weighted by Crippen LogP contribution is 2.69. The molecule has 0 aromatic rings. The van der Waals surface area contributed by atoms with Crippen molar-refractivity contribution in [3.63, 3.8) is 0 Å². The topological polar surface area (TPSA) is 206 Å². The average molecular weight is 715 g/mol. The fourth-order valence-corrected chi connectivity index (χ4v) is 11.1. The Hall–Kier alpha value is -2.27. The predicted octanol–water partition coefficient (Wildman–Crippen LogP) is 8.90. The molecule has 0 heterocycles. The molecule has 0 aromatic heterocycles. The molecule has 0 radical (unpaired) electrons. The van der Waals surface area contributed by atoms with E-state index < -0.39 is 0 Å². The lowest BCUT2D eigenvalue weighted by atomic mass is 9.43. The van der Waals surface area contributed by atoms with Crippen LogP contribution in [0, 0.1) is 46.3 Å². The first-order chi connectivity index (χ1) is 24.8. The lowest BCUT2D eigenvalue weighted by molar-refractivity contribution is -0.227. The minimum Gasteiger partial charge on any atom is -0.396 e. The minimum atomic E-state index is 0.0236. The molecule has 4 fully saturated rings. The van der Waals surface area contributed by atoms with E-state index in [1.807, 2.05) is 0 Å². The largest absolute Gasteiger partial charge is 0.396 e. The van der Waals surface area contributed by atoms with Crippen LogP contribution in [-0.4, -0.2) is 82.6 Å². The zero-order chi connectivity index (χ0) is 36.5. The Balaban J connectivity index is 1.55. The zero-order valence-corrected chi connectivity index (χ0v) is 31.7. The van der Waals surface area contributed by atoms with Gasteiger partial charge in [-0.2, -0.15) is 0 Å². The van der Waals surface area contributed by atoms with Crippen molar-refractivity contribution in [1.29, 1.82) is 0 Å². The van der Waals surface area contributed by atoms with Crippen LogP contribution in [0.3, 0.4) is 0 Å². The summed E-state index contributed by atoms with van der Waals surface area (Å²) < 4.78 is 20.3. The molecule has 5 unspecified atom stereocenters. The molecule has 0 bridgehead atoms. The van der Waals surface area contributed by atoms with E-state index in [1.165, 1.54) is 19.3 Å². The molecule has 4 saturated carbocycles. The number of nitrogens with zero attached hydrogens (tertiary/aromatic N) is 9. The van der Waals surface area contributed by atoms with E-state index in [1.54, 1.807) is 0 Å². The number of rotatable bonds is 24. The molecule has 4 aliphatic rings. The van der Waals surface area contributed by atoms with Crippen LogP contribution in [-0.2, 0) is 14.2 Å². The van der Waals surface area contributed by atoms with Gasteiger partial charge in [0.05, 0.1) is 18.3 Å². The van der Waals surface area contributed by atoms with E-state index in [9.17, 15) is 0 Å². The van der Waals surface area contributed by atoms with Crippen LogP contribution in [0.2, 0.25) is 0 Å². The van der Waals surface area contributed by atoms with Gasteiger partial charge in [-0.3, -0.25) is 0 Å². The van der Waals surface area contributed by atoms with E-state index in [0.717, 1.165) is 83.7 Å². The van der Waals surface area contributed by atoms with E-state index in [-0.39, 0.29) is 35.7 Å². The van der Waals surface area contributed by atoms with Gasteiger partial charge in [-0.25, -0.2) is 0 Å². The van der Waals surface area contributed by atoms with Crippen LogP contribution in [0.4, 0.5) is 0 Å². The van der Waals surface area contributed by atoms with Crippen LogP contribution < -0.4 is 5.32 Å². The summed E-state index contributed by atoms with van der Waals surface area (Å²) in [5, 5.41) is 23.9. The summed E-state index contributed by atoms with van der Waals surface area (Å²) in [6.07, 6.45) is 14.5. The molecule has 4 rings (SSSR count). The summed E-state index contributed by atoms with van der Waals surface area (Å²) in [6.45, 7) is 13.0. The Kier molecular flexibility index (Phi) is 17.4. The van der Waals surface area contributed by atoms with Gasteiger partial charge >= 0.3 is 0 Å². The number of aliphatic hydroxyl groups excluding tert-OH is 1. The highest BCUT2D eigenvalue weighted by Gasteiger charge is 2.66. The van der Waals surface area contributed by atoms with E-state index in [4.69, 9.17) is 35.9 Å². The zero-order valence-electron chi connectivity index (χ0n) is 31.7. The molecule has 0 saturated heterocycles. The van der Waals surface area contributed by atoms with Crippen LogP contribution in [0.25, 0.3) is 31.3 Å². The highest BCUT2D eigenvalue weighted by atomic mass is 16.5. The fourth-order valence-electron chi connectivity index (χ4n) is 11.1. The molecule has 4 aliphatic carbocycles. The molecule has 0 aromatic carbocycles. The SMILES string of the molecule is C[C@H](CCCNCCCCO)C1CC[C@H]2C3C(OCCCN=[N+]=[N-])CC4C[C@H](OCCCN=[N+]=[N-])CC[C@]4(C)[C@H]3CC(OCCCN=[N+]=[N-])[C@]12C. The summed E-state index contributed by atoms with van der Waals surface area (Å²) in [4.78, 5) is 8.78. The highest BCUT2D eigenvalue weighted by molar-refractivity contribution is 5.15. The number of unbranched alkanes of at least 4 members (excludes halogenated alkanes) is 1. The average Bonchev–Trinajstić information content (AvgIpc) is 3.49. The van der Waals surface area contributed by atoms with Crippen molar-refractivity contribution in [1.82, 2.24) is 5.32 Å². The van der Waals surface area contributed by atoms with Crippen molar-refractivity contribution in [2.75, 3.05) is 59.2 Å². The summed E-state index contributed by atoms with van der Waals surface area (Å²) in [6, 6.07) is 0. The van der Waals surface area contributed by atoms with Gasteiger partial charge in [0.1, 0.15) is 0 Å². The molecule has 0 aliphatic heterocycles. The lowest BCUT2D eigenvalue weighted by Gasteiger charge is -2.65. The lowest BCUT2D eigenvalue weighted by Crippen LogP contribution is -2.63. The Morgan fingerprint density at radius 3 is 2.08 bits per heavy atom. The first-order valence-electron chi connectivity index (χ1n) is 20.0. The molecule has 0 spiro atoms. The standard InChI is InChI=1S/C37H66N10O4/c1-27(10-6-16-41-15-4-5-20-48)30-11-12-31-35-32(26-34(37(30,31)3)51-23-9-19-44-47-40)36(2)14-13-29(49-21-7-17-42-45-38)24-28(36)25-33(35)50-22-8-18-43-46-39/h27-35,41,48H,4-26H2,1-3H3/t27-,28?,29-,30?,31+,32+,33?,34?,35?,36+,37-/m1/s1. The fraction of sp³-hybridized carbons (Fsp3) is 1.00. The Labute approximate surface area is 305 Å². The smallest absolute Gasteiger partial charge is 0.0637 e. The number of hydrogen-bond acceptors (Lipinski definition) is 8. The maximum absolute atomic E-state index is 9.09. The normalized spacial score (nSPS) is 34.6. The third-order valence-corrected chi connectivity index (χ3v) is 13.6. The first kappa shape index (κ1) is 41.5. The van der Waals surface area contributed by atoms with Gasteiger partial charge < -0.3 is 24.6 Å². The van der Waals surface area contributed by atoms with Crippen LogP contribution in [0.15, 0.2) is 15.3 Å². The molecule has 0 amide bonds. The van der Waals surface area contributed by atoms with Crippen molar-refractivity contribution < 1.29 is 19.3 Å². The van der Waals surface area contributed by atoms with E-state index in [0.29, 0.717) is 75.0 Å². The third kappa shape index (κ3) is 10.7. The maximum atomic E-state index is 9.09. The quantitative estimate of drug-likeness (QED) is 0.0433. The third-order valence-electron chi connectivity index (χ3n) is 13.6. The van der Waals surface area contributed by atoms with Crippen LogP contribution in [0.5, 0.6) is 0 Å². The summed E-state index contributed by atoms with van der Waals surface area (Å²) in [5.74, 6) is 3.04. The number of azide groups is 3. The van der Waals surface area contributed by atoms with Crippen LogP contribution in [0.1, 0.15) is 111 Å². The predicted molar refractivity (Wildman–Crippen MR) is 199 cm³/mol. The Morgan fingerprint density at radius 1 is 0.765 bits per heavy atom. The molecule has 14 nitrogen and oxygen atoms in total. The van der Waals surface area contributed by atoms with E-state index in [2.05, 4.69) is 56.2 Å². The van der Waals surface area contributed by atoms with E-state index >= 15 is 0 Å². The van der Waals surface area contributed by atoms with Crippen molar-refractivity contribution >= 4 is 0 Å². The summed E-state index contributed by atoms with van der Waals surface area (Å²) >= 11 is 0. The summed E-state index contributed by atoms with van der Waals surface area (Å²) in [5.41, 5.74) is 26.5. The number of fused-ring (bicyclic) bond motifs is 5. The van der Waals surface area contributed by atoms with Crippen molar-refractivity contribution in [3.8, 4) is 0 Å². The van der Waals surface area contributed by atoms with Gasteiger partial charge in [0.15, 0.2) is 0 Å². The first-order valence-corrected chi connectivity index (χ1v) is 20.0. The second kappa shape index (κ2) is 21.4. The van der Waals surface area contributed by atoms with Crippen molar-refractivity contribution in [2.45, 2.75) is 129 Å². The second-order valence-electron chi connectivity index (χ2n) is 16.3. The van der Waals surface area contributed by atoms with Gasteiger partial charge in [-0.05, 0) is 160 Å². The number of nitrogens with one attached hydrogen (secondary N) is 1. The molecular formula is C37H66N10O4. The van der Waals surface area contributed by atoms with Gasteiger partial charge in [0, 0.05) is 66.2 Å². The Morgan fingerprint density at radius 2 is 1.41 bits per heavy atom. The second-order valence-corrected chi connectivity index (χ2v) is 16.3. The van der Waals surface area contributed by atoms with Crippen molar-refractivity contribution in [3.05, 3.63) is 31.3 Å². The van der Waals surface area contributed by atoms with Gasteiger partial charge in [0.25, 0.3) is 0 Å². The summed E-state index contributed by atoms with van der Waals surface area (Å²) in [7, 11) is 0. The monoisotopic (exact) mass is 715 g/mol. The van der Waals surface area contributed by atoms with Gasteiger partial charge in [-0.15, -0.1) is 0 Å². The molecule has 288 valence electrons. The van der Waals surface area contributed by atoms with Crippen LogP contribution >= 0.6 is 0 Å². The van der Waals surface area contributed by atoms with Crippen molar-refractivity contribution in [2.24, 2.45) is 61.7 Å². The van der Waals surface area contributed by atoms with Gasteiger partial charge in [0.2, 0.25) is 0 Å². The molecule has 14 heteroatoms. The Bertz CT molecular complexity index is 1190. The van der Waals surface area contributed by atoms with Gasteiger partial charge in [-0.1, -0.05) is 36.1 Å². The number of ether oxygens (including phenoxy) is 3. The maximum Gasteiger partial charge on any atom is 0.0637 e. The molecular weight excluding hydrogens is 648 g/mol.